The number of nitriles is 1. The smallest absolute Gasteiger partial charge is 0.183 e. The van der Waals surface area contributed by atoms with Crippen LogP contribution < -0.4 is 4.90 Å². The first-order valence-corrected chi connectivity index (χ1v) is 6.78. The van der Waals surface area contributed by atoms with Crippen molar-refractivity contribution in [2.24, 2.45) is 5.92 Å². The number of rotatable bonds is 4. The number of anilines is 1. The van der Waals surface area contributed by atoms with Gasteiger partial charge in [-0.05, 0) is 0 Å². The fourth-order valence-electron chi connectivity index (χ4n) is 2.60. The van der Waals surface area contributed by atoms with Crippen LogP contribution in [0.1, 0.15) is 18.4 Å². The van der Waals surface area contributed by atoms with Gasteiger partial charge in [0.05, 0.1) is 0 Å². The molecule has 6 nitrogen and oxygen atoms in total. The summed E-state index contributed by atoms with van der Waals surface area (Å²) in [5, 5.41) is 9.04. The van der Waals surface area contributed by atoms with Crippen molar-refractivity contribution in [2.45, 2.75) is 19.9 Å². The Bertz CT molecular complexity index is 635. The van der Waals surface area contributed by atoms with Crippen LogP contribution in [0.25, 0.3) is 0 Å². The van der Waals surface area contributed by atoms with E-state index in [1.54, 1.807) is 12.4 Å². The van der Waals surface area contributed by atoms with E-state index in [1.807, 2.05) is 12.4 Å². The molecule has 1 aliphatic heterocycles. The highest BCUT2D eigenvalue weighted by atomic mass is 15.3. The average molecular weight is 268 g/mol. The third-order valence-corrected chi connectivity index (χ3v) is 3.61. The molecular weight excluding hydrogens is 252 g/mol. The van der Waals surface area contributed by atoms with Gasteiger partial charge in [0.25, 0.3) is 0 Å². The Balaban J connectivity index is 1.63. The summed E-state index contributed by atoms with van der Waals surface area (Å²) in [6.07, 6.45) is 8.02. The van der Waals surface area contributed by atoms with Gasteiger partial charge in [0.2, 0.25) is 0 Å². The van der Waals surface area contributed by atoms with Gasteiger partial charge in [-0.25, -0.2) is 15.0 Å². The molecule has 0 radical (unpaired) electrons. The van der Waals surface area contributed by atoms with Crippen LogP contribution in [0.5, 0.6) is 0 Å². The lowest BCUT2D eigenvalue weighted by Crippen LogP contribution is -2.49. The van der Waals surface area contributed by atoms with Gasteiger partial charge in [0.1, 0.15) is 11.9 Å². The van der Waals surface area contributed by atoms with Gasteiger partial charge >= 0.3 is 0 Å². The molecule has 0 aliphatic carbocycles. The average Bonchev–Trinajstić information content (AvgIpc) is 2.89. The number of hydrogen-bond acceptors (Lipinski definition) is 5. The number of aryl methyl sites for hydroxylation is 1. The normalized spacial score (nSPS) is 14.9. The zero-order chi connectivity index (χ0) is 13.9. The molecule has 0 bridgehead atoms. The molecule has 1 aliphatic rings. The molecular formula is C14H16N6. The van der Waals surface area contributed by atoms with Crippen LogP contribution in [0.15, 0.2) is 24.8 Å². The molecule has 0 aromatic carbocycles. The summed E-state index contributed by atoms with van der Waals surface area (Å²) in [7, 11) is 0. The Labute approximate surface area is 117 Å². The van der Waals surface area contributed by atoms with E-state index < -0.39 is 0 Å². The molecule has 102 valence electrons. The lowest BCUT2D eigenvalue weighted by Gasteiger charge is -2.40. The highest BCUT2D eigenvalue weighted by molar-refractivity contribution is 5.51. The van der Waals surface area contributed by atoms with Crippen molar-refractivity contribution >= 4 is 5.82 Å². The van der Waals surface area contributed by atoms with Crippen LogP contribution in [0.4, 0.5) is 5.82 Å². The summed E-state index contributed by atoms with van der Waals surface area (Å²) in [6.45, 7) is 4.91. The Morgan fingerprint density at radius 3 is 2.80 bits per heavy atom. The zero-order valence-electron chi connectivity index (χ0n) is 11.4. The number of hydrogen-bond donors (Lipinski definition) is 0. The van der Waals surface area contributed by atoms with Crippen LogP contribution in [-0.2, 0) is 13.0 Å². The maximum absolute atomic E-state index is 9.04. The monoisotopic (exact) mass is 268 g/mol. The van der Waals surface area contributed by atoms with Crippen LogP contribution in [-0.4, -0.2) is 32.6 Å². The summed E-state index contributed by atoms with van der Waals surface area (Å²) in [5.74, 6) is 2.40. The van der Waals surface area contributed by atoms with Gasteiger partial charge in [0.15, 0.2) is 11.5 Å². The highest BCUT2D eigenvalue weighted by Crippen LogP contribution is 2.25. The molecule has 20 heavy (non-hydrogen) atoms. The second-order valence-corrected chi connectivity index (χ2v) is 4.96. The van der Waals surface area contributed by atoms with Crippen molar-refractivity contribution in [2.75, 3.05) is 18.0 Å². The molecule has 0 unspecified atom stereocenters. The Hall–Kier alpha value is -2.42. The van der Waals surface area contributed by atoms with Crippen molar-refractivity contribution in [1.29, 1.82) is 5.26 Å². The van der Waals surface area contributed by atoms with E-state index >= 15 is 0 Å². The van der Waals surface area contributed by atoms with E-state index in [0.717, 1.165) is 31.9 Å². The molecule has 3 heterocycles. The van der Waals surface area contributed by atoms with Crippen LogP contribution in [0.3, 0.4) is 0 Å². The fraction of sp³-hybridized carbons (Fsp3) is 0.429. The Morgan fingerprint density at radius 2 is 2.05 bits per heavy atom. The summed E-state index contributed by atoms with van der Waals surface area (Å²) in [4.78, 5) is 14.8. The molecule has 0 saturated carbocycles. The zero-order valence-corrected chi connectivity index (χ0v) is 11.4. The molecule has 0 spiro atoms. The molecule has 2 aromatic rings. The van der Waals surface area contributed by atoms with Gasteiger partial charge < -0.3 is 9.47 Å². The summed E-state index contributed by atoms with van der Waals surface area (Å²) in [6, 6.07) is 2.09. The van der Waals surface area contributed by atoms with E-state index in [1.165, 1.54) is 0 Å². The predicted octanol–water partition coefficient (Wildman–Crippen LogP) is 1.24. The summed E-state index contributed by atoms with van der Waals surface area (Å²) in [5.41, 5.74) is 0.405. The SMILES string of the molecule is CCc1nccn1CC1CN(c2nccnc2C#N)C1. The lowest BCUT2D eigenvalue weighted by molar-refractivity contribution is 0.350. The molecule has 0 atom stereocenters. The highest BCUT2D eigenvalue weighted by Gasteiger charge is 2.30. The van der Waals surface area contributed by atoms with Crippen LogP contribution in [0, 0.1) is 17.2 Å². The third kappa shape index (κ3) is 2.23. The van der Waals surface area contributed by atoms with Gasteiger partial charge in [-0.15, -0.1) is 0 Å². The van der Waals surface area contributed by atoms with E-state index in [2.05, 4.69) is 37.4 Å². The predicted molar refractivity (Wildman–Crippen MR) is 74.1 cm³/mol. The second kappa shape index (κ2) is 5.29. The number of imidazole rings is 1. The topological polar surface area (TPSA) is 70.6 Å². The van der Waals surface area contributed by atoms with Crippen molar-refractivity contribution in [3.05, 3.63) is 36.3 Å². The first kappa shape index (κ1) is 12.6. The van der Waals surface area contributed by atoms with Crippen LogP contribution >= 0.6 is 0 Å². The molecule has 1 fully saturated rings. The van der Waals surface area contributed by atoms with Crippen LogP contribution in [0.2, 0.25) is 0 Å². The number of nitrogens with zero attached hydrogens (tertiary/aromatic N) is 6. The van der Waals surface area contributed by atoms with Gasteiger partial charge in [-0.1, -0.05) is 6.92 Å². The minimum atomic E-state index is 0.405. The van der Waals surface area contributed by atoms with Crippen molar-refractivity contribution in [3.63, 3.8) is 0 Å². The Kier molecular flexibility index (Phi) is 3.33. The van der Waals surface area contributed by atoms with E-state index in [0.29, 0.717) is 17.4 Å². The lowest BCUT2D eigenvalue weighted by atomic mass is 10.00. The summed E-state index contributed by atoms with van der Waals surface area (Å²) >= 11 is 0. The quantitative estimate of drug-likeness (QED) is 0.834. The molecule has 0 amide bonds. The van der Waals surface area contributed by atoms with Crippen molar-refractivity contribution in [1.82, 2.24) is 19.5 Å². The van der Waals surface area contributed by atoms with Gasteiger partial charge in [-0.2, -0.15) is 5.26 Å². The molecule has 0 N–H and O–H groups in total. The second-order valence-electron chi connectivity index (χ2n) is 4.96. The summed E-state index contributed by atoms with van der Waals surface area (Å²) < 4.78 is 2.21. The maximum atomic E-state index is 9.04. The standard InChI is InChI=1S/C14H16N6/c1-2-13-17-5-6-19(13)8-11-9-20(10-11)14-12(7-15)16-3-4-18-14/h3-6,11H,2,8-10H2,1H3. The van der Waals surface area contributed by atoms with Gasteiger partial charge in [0, 0.05) is 56.8 Å². The molecule has 3 rings (SSSR count). The van der Waals surface area contributed by atoms with E-state index in [9.17, 15) is 0 Å². The van der Waals surface area contributed by atoms with Gasteiger partial charge in [-0.3, -0.25) is 0 Å². The first-order valence-electron chi connectivity index (χ1n) is 6.78. The minimum absolute atomic E-state index is 0.405. The third-order valence-electron chi connectivity index (χ3n) is 3.61. The van der Waals surface area contributed by atoms with E-state index in [4.69, 9.17) is 5.26 Å². The van der Waals surface area contributed by atoms with E-state index in [-0.39, 0.29) is 0 Å². The maximum Gasteiger partial charge on any atom is 0.183 e. The largest absolute Gasteiger partial charge is 0.353 e. The van der Waals surface area contributed by atoms with Crippen molar-refractivity contribution < 1.29 is 0 Å². The Morgan fingerprint density at radius 1 is 1.25 bits per heavy atom. The number of aromatic nitrogens is 4. The fourth-order valence-corrected chi connectivity index (χ4v) is 2.60. The molecule has 1 saturated heterocycles. The molecule has 2 aromatic heterocycles. The van der Waals surface area contributed by atoms with Crippen molar-refractivity contribution in [3.8, 4) is 6.07 Å². The molecule has 6 heteroatoms. The minimum Gasteiger partial charge on any atom is -0.353 e. The first-order chi connectivity index (χ1) is 9.81.